The number of rotatable bonds is 2. The lowest BCUT2D eigenvalue weighted by Gasteiger charge is -2.39. The van der Waals surface area contributed by atoms with Gasteiger partial charge in [-0.1, -0.05) is 26.2 Å². The molecule has 18 heavy (non-hydrogen) atoms. The van der Waals surface area contributed by atoms with Crippen molar-refractivity contribution in [2.45, 2.75) is 70.9 Å². The van der Waals surface area contributed by atoms with Crippen LogP contribution in [-0.2, 0) is 4.79 Å². The summed E-state index contributed by atoms with van der Waals surface area (Å²) in [5.41, 5.74) is 5.85. The zero-order chi connectivity index (χ0) is 13.3. The number of nitrogens with zero attached hydrogens (tertiary/aromatic N) is 1. The average molecular weight is 252 g/mol. The maximum Gasteiger partial charge on any atom is 0.230 e. The minimum Gasteiger partial charge on any atom is -0.342 e. The van der Waals surface area contributed by atoms with E-state index in [1.54, 1.807) is 0 Å². The summed E-state index contributed by atoms with van der Waals surface area (Å²) in [7, 11) is 1.99. The summed E-state index contributed by atoms with van der Waals surface area (Å²) in [5.74, 6) is 1.04. The Labute approximate surface area is 111 Å². The van der Waals surface area contributed by atoms with Gasteiger partial charge in [0.2, 0.25) is 5.91 Å². The van der Waals surface area contributed by atoms with Gasteiger partial charge in [0, 0.05) is 19.1 Å². The van der Waals surface area contributed by atoms with Crippen molar-refractivity contribution in [3.05, 3.63) is 0 Å². The summed E-state index contributed by atoms with van der Waals surface area (Å²) in [6.07, 6.45) is 7.95. The fraction of sp³-hybridized carbons (Fsp3) is 0.933. The van der Waals surface area contributed by atoms with E-state index in [1.807, 2.05) is 11.9 Å². The van der Waals surface area contributed by atoms with E-state index < -0.39 is 0 Å². The number of carbonyl (C=O) groups is 1. The Morgan fingerprint density at radius 3 is 2.56 bits per heavy atom. The Hall–Kier alpha value is -0.570. The Balaban J connectivity index is 2.04. The monoisotopic (exact) mass is 252 g/mol. The molecule has 2 fully saturated rings. The average Bonchev–Trinajstić information content (AvgIpc) is 2.69. The molecular formula is C15H28N2O. The van der Waals surface area contributed by atoms with Crippen molar-refractivity contribution < 1.29 is 4.79 Å². The zero-order valence-electron chi connectivity index (χ0n) is 12.1. The summed E-state index contributed by atoms with van der Waals surface area (Å²) in [6, 6.07) is 0.485. The number of hydrogen-bond donors (Lipinski definition) is 1. The maximum atomic E-state index is 12.7. The molecule has 2 saturated carbocycles. The summed E-state index contributed by atoms with van der Waals surface area (Å²) in [5, 5.41) is 0. The molecule has 2 N–H and O–H groups in total. The third-order valence-corrected chi connectivity index (χ3v) is 5.29. The van der Waals surface area contributed by atoms with Crippen LogP contribution in [-0.4, -0.2) is 29.9 Å². The van der Waals surface area contributed by atoms with Crippen molar-refractivity contribution in [3.63, 3.8) is 0 Å². The van der Waals surface area contributed by atoms with E-state index in [0.717, 1.165) is 38.0 Å². The number of carbonyl (C=O) groups excluding carboxylic acids is 1. The molecule has 104 valence electrons. The van der Waals surface area contributed by atoms with Crippen molar-refractivity contribution in [1.82, 2.24) is 4.90 Å². The van der Waals surface area contributed by atoms with Crippen LogP contribution in [0.1, 0.15) is 58.8 Å². The molecule has 0 spiro atoms. The van der Waals surface area contributed by atoms with Crippen molar-refractivity contribution in [1.29, 1.82) is 0 Å². The molecule has 0 radical (unpaired) electrons. The molecule has 4 unspecified atom stereocenters. The van der Waals surface area contributed by atoms with Crippen LogP contribution in [0.25, 0.3) is 0 Å². The van der Waals surface area contributed by atoms with Crippen LogP contribution in [0.4, 0.5) is 0 Å². The van der Waals surface area contributed by atoms with Gasteiger partial charge < -0.3 is 10.6 Å². The summed E-state index contributed by atoms with van der Waals surface area (Å²) >= 11 is 0. The molecular weight excluding hydrogens is 224 g/mol. The third kappa shape index (κ3) is 2.42. The van der Waals surface area contributed by atoms with Gasteiger partial charge in [-0.15, -0.1) is 0 Å². The lowest BCUT2D eigenvalue weighted by atomic mass is 9.81. The molecule has 4 atom stereocenters. The van der Waals surface area contributed by atoms with E-state index in [2.05, 4.69) is 13.8 Å². The Morgan fingerprint density at radius 1 is 1.28 bits per heavy atom. The molecule has 0 saturated heterocycles. The van der Waals surface area contributed by atoms with E-state index in [-0.39, 0.29) is 17.4 Å². The molecule has 0 heterocycles. The van der Waals surface area contributed by atoms with Crippen LogP contribution in [0.3, 0.4) is 0 Å². The molecule has 0 aromatic heterocycles. The van der Waals surface area contributed by atoms with Crippen LogP contribution in [0, 0.1) is 11.3 Å². The molecule has 0 aliphatic heterocycles. The van der Waals surface area contributed by atoms with Crippen LogP contribution in [0.2, 0.25) is 0 Å². The molecule has 0 aromatic carbocycles. The van der Waals surface area contributed by atoms with Gasteiger partial charge in [0.05, 0.1) is 5.41 Å². The predicted octanol–water partition coefficient (Wildman–Crippen LogP) is 2.54. The lowest BCUT2D eigenvalue weighted by Crippen LogP contribution is -2.51. The van der Waals surface area contributed by atoms with E-state index in [0.29, 0.717) is 6.04 Å². The minimum atomic E-state index is -0.310. The molecule has 3 heteroatoms. The van der Waals surface area contributed by atoms with Crippen LogP contribution in [0.5, 0.6) is 0 Å². The second-order valence-electron chi connectivity index (χ2n) is 6.76. The van der Waals surface area contributed by atoms with Gasteiger partial charge in [-0.3, -0.25) is 4.79 Å². The van der Waals surface area contributed by atoms with Crippen molar-refractivity contribution >= 4 is 5.91 Å². The second kappa shape index (κ2) is 5.20. The molecule has 3 nitrogen and oxygen atoms in total. The lowest BCUT2D eigenvalue weighted by molar-refractivity contribution is -0.143. The summed E-state index contributed by atoms with van der Waals surface area (Å²) in [6.45, 7) is 4.36. The predicted molar refractivity (Wildman–Crippen MR) is 74.1 cm³/mol. The molecule has 2 aliphatic carbocycles. The highest BCUT2D eigenvalue weighted by Gasteiger charge is 2.45. The summed E-state index contributed by atoms with van der Waals surface area (Å²) < 4.78 is 0. The van der Waals surface area contributed by atoms with Gasteiger partial charge >= 0.3 is 0 Å². The Kier molecular flexibility index (Phi) is 4.00. The quantitative estimate of drug-likeness (QED) is 0.821. The highest BCUT2D eigenvalue weighted by molar-refractivity contribution is 5.83. The van der Waals surface area contributed by atoms with Crippen molar-refractivity contribution in [2.75, 3.05) is 7.05 Å². The minimum absolute atomic E-state index is 0.0495. The normalized spacial score (nSPS) is 40.8. The molecule has 2 rings (SSSR count). The van der Waals surface area contributed by atoms with Gasteiger partial charge in [0.25, 0.3) is 0 Å². The van der Waals surface area contributed by atoms with Crippen LogP contribution in [0.15, 0.2) is 0 Å². The first-order valence-corrected chi connectivity index (χ1v) is 7.48. The number of nitrogens with two attached hydrogens (primary N) is 1. The first-order valence-electron chi connectivity index (χ1n) is 7.48. The largest absolute Gasteiger partial charge is 0.342 e. The van der Waals surface area contributed by atoms with Gasteiger partial charge in [0.15, 0.2) is 0 Å². The zero-order valence-corrected chi connectivity index (χ0v) is 12.1. The molecule has 1 amide bonds. The van der Waals surface area contributed by atoms with Crippen molar-refractivity contribution in [3.8, 4) is 0 Å². The van der Waals surface area contributed by atoms with E-state index in [1.165, 1.54) is 12.8 Å². The highest BCUT2D eigenvalue weighted by Crippen LogP contribution is 2.39. The third-order valence-electron chi connectivity index (χ3n) is 5.29. The van der Waals surface area contributed by atoms with E-state index in [4.69, 9.17) is 5.73 Å². The summed E-state index contributed by atoms with van der Waals surface area (Å²) in [4.78, 5) is 14.7. The van der Waals surface area contributed by atoms with Crippen LogP contribution < -0.4 is 5.73 Å². The van der Waals surface area contributed by atoms with Gasteiger partial charge in [-0.2, -0.15) is 0 Å². The smallest absolute Gasteiger partial charge is 0.230 e. The number of hydrogen-bond acceptors (Lipinski definition) is 2. The van der Waals surface area contributed by atoms with Crippen LogP contribution >= 0.6 is 0 Å². The fourth-order valence-electron chi connectivity index (χ4n) is 3.78. The van der Waals surface area contributed by atoms with Gasteiger partial charge in [-0.25, -0.2) is 0 Å². The standard InChI is InChI=1S/C15H28N2O/c1-11-6-4-7-12(10-11)17(3)14(18)15(2)9-5-8-13(15)16/h11-13H,4-10,16H2,1-3H3. The van der Waals surface area contributed by atoms with Crippen molar-refractivity contribution in [2.24, 2.45) is 17.1 Å². The van der Waals surface area contributed by atoms with E-state index >= 15 is 0 Å². The second-order valence-corrected chi connectivity index (χ2v) is 6.76. The Morgan fingerprint density at radius 2 is 2.00 bits per heavy atom. The maximum absolute atomic E-state index is 12.7. The first kappa shape index (κ1) is 13.9. The molecule has 2 aliphatic rings. The fourth-order valence-corrected chi connectivity index (χ4v) is 3.78. The van der Waals surface area contributed by atoms with E-state index in [9.17, 15) is 4.79 Å². The first-order chi connectivity index (χ1) is 8.45. The SMILES string of the molecule is CC1CCCC(N(C)C(=O)C2(C)CCCC2N)C1. The molecule has 0 aromatic rings. The molecule has 0 bridgehead atoms. The number of amides is 1. The topological polar surface area (TPSA) is 46.3 Å². The van der Waals surface area contributed by atoms with Gasteiger partial charge in [-0.05, 0) is 38.5 Å². The van der Waals surface area contributed by atoms with Gasteiger partial charge in [0.1, 0.15) is 0 Å². The Bertz CT molecular complexity index is 318. The highest BCUT2D eigenvalue weighted by atomic mass is 16.2.